The molecule has 1 aliphatic heterocycles. The van der Waals surface area contributed by atoms with Gasteiger partial charge in [0.1, 0.15) is 11.5 Å². The summed E-state index contributed by atoms with van der Waals surface area (Å²) in [6.07, 6.45) is 3.28. The summed E-state index contributed by atoms with van der Waals surface area (Å²) >= 11 is 0. The van der Waals surface area contributed by atoms with E-state index in [1.54, 1.807) is 0 Å². The average molecular weight is 293 g/mol. The van der Waals surface area contributed by atoms with Gasteiger partial charge in [0.25, 0.3) is 0 Å². The fourth-order valence-electron chi connectivity index (χ4n) is 2.42. The van der Waals surface area contributed by atoms with Crippen molar-refractivity contribution in [2.24, 2.45) is 0 Å². The summed E-state index contributed by atoms with van der Waals surface area (Å²) in [5.41, 5.74) is 0. The van der Waals surface area contributed by atoms with E-state index in [1.807, 2.05) is 30.9 Å². The van der Waals surface area contributed by atoms with Crippen LogP contribution in [0.4, 0.5) is 4.79 Å². The van der Waals surface area contributed by atoms with Crippen molar-refractivity contribution < 1.29 is 14.0 Å². The summed E-state index contributed by atoms with van der Waals surface area (Å²) in [5, 5.41) is 5.36. The van der Waals surface area contributed by atoms with Crippen LogP contribution >= 0.6 is 0 Å². The lowest BCUT2D eigenvalue weighted by Crippen LogP contribution is -2.45. The van der Waals surface area contributed by atoms with Crippen molar-refractivity contribution in [3.8, 4) is 0 Å². The van der Waals surface area contributed by atoms with Gasteiger partial charge in [-0.25, -0.2) is 4.79 Å². The fraction of sp³-hybridized carbons (Fsp3) is 0.600. The number of piperidine rings is 1. The molecule has 1 aromatic rings. The molecule has 21 heavy (non-hydrogen) atoms. The maximum Gasteiger partial charge on any atom is 0.315 e. The van der Waals surface area contributed by atoms with E-state index in [2.05, 4.69) is 10.6 Å². The molecular formula is C15H23N3O3. The van der Waals surface area contributed by atoms with E-state index in [4.69, 9.17) is 4.42 Å². The van der Waals surface area contributed by atoms with Crippen LogP contribution < -0.4 is 10.6 Å². The zero-order valence-electron chi connectivity index (χ0n) is 12.6. The van der Waals surface area contributed by atoms with Crippen LogP contribution in [0.15, 0.2) is 16.5 Å². The largest absolute Gasteiger partial charge is 0.464 e. The number of urea groups is 1. The Morgan fingerprint density at radius 3 is 2.62 bits per heavy atom. The molecule has 1 aromatic heterocycles. The lowest BCUT2D eigenvalue weighted by atomic mass is 10.1. The first-order valence-electron chi connectivity index (χ1n) is 7.45. The summed E-state index contributed by atoms with van der Waals surface area (Å²) in [4.78, 5) is 25.5. The molecule has 6 nitrogen and oxygen atoms in total. The minimum absolute atomic E-state index is 0.0219. The maximum atomic E-state index is 11.9. The SMILES string of the molecule is Cc1ccc(C(C)NC(=O)NCC(=O)N2CCCCC2)o1. The van der Waals surface area contributed by atoms with Gasteiger partial charge in [0.05, 0.1) is 12.6 Å². The van der Waals surface area contributed by atoms with Crippen LogP contribution in [0.25, 0.3) is 0 Å². The summed E-state index contributed by atoms with van der Waals surface area (Å²) < 4.78 is 5.45. The Hall–Kier alpha value is -1.98. The van der Waals surface area contributed by atoms with E-state index in [1.165, 1.54) is 6.42 Å². The van der Waals surface area contributed by atoms with E-state index in [-0.39, 0.29) is 24.5 Å². The van der Waals surface area contributed by atoms with E-state index in [9.17, 15) is 9.59 Å². The molecule has 3 amide bonds. The Bertz CT molecular complexity index is 492. The molecule has 2 heterocycles. The molecule has 1 fully saturated rings. The summed E-state index contributed by atoms with van der Waals surface area (Å²) in [6, 6.07) is 3.09. The van der Waals surface area contributed by atoms with E-state index < -0.39 is 0 Å². The van der Waals surface area contributed by atoms with Crippen molar-refractivity contribution in [2.45, 2.75) is 39.2 Å². The van der Waals surface area contributed by atoms with Gasteiger partial charge >= 0.3 is 6.03 Å². The van der Waals surface area contributed by atoms with Crippen molar-refractivity contribution in [1.82, 2.24) is 15.5 Å². The number of rotatable bonds is 4. The molecule has 1 saturated heterocycles. The zero-order valence-corrected chi connectivity index (χ0v) is 12.6. The van der Waals surface area contributed by atoms with Crippen molar-refractivity contribution in [3.05, 3.63) is 23.7 Å². The molecule has 0 aliphatic carbocycles. The molecule has 1 unspecified atom stereocenters. The van der Waals surface area contributed by atoms with E-state index >= 15 is 0 Å². The van der Waals surface area contributed by atoms with Gasteiger partial charge in [-0.15, -0.1) is 0 Å². The highest BCUT2D eigenvalue weighted by atomic mass is 16.3. The van der Waals surface area contributed by atoms with Crippen LogP contribution in [0.2, 0.25) is 0 Å². The number of hydrogen-bond donors (Lipinski definition) is 2. The number of aryl methyl sites for hydroxylation is 1. The molecule has 0 bridgehead atoms. The number of carbonyl (C=O) groups excluding carboxylic acids is 2. The third-order valence-corrected chi connectivity index (χ3v) is 3.64. The lowest BCUT2D eigenvalue weighted by Gasteiger charge is -2.26. The third-order valence-electron chi connectivity index (χ3n) is 3.64. The second-order valence-electron chi connectivity index (χ2n) is 5.44. The van der Waals surface area contributed by atoms with Gasteiger partial charge in [-0.3, -0.25) is 4.79 Å². The molecule has 0 spiro atoms. The van der Waals surface area contributed by atoms with Gasteiger partial charge in [-0.2, -0.15) is 0 Å². The van der Waals surface area contributed by atoms with Gasteiger partial charge in [-0.1, -0.05) is 0 Å². The standard InChI is InChI=1S/C15H23N3O3/c1-11-6-7-13(21-11)12(2)17-15(20)16-10-14(19)18-8-4-3-5-9-18/h6-7,12H,3-5,8-10H2,1-2H3,(H2,16,17,20). The number of likely N-dealkylation sites (tertiary alicyclic amines) is 1. The second-order valence-corrected chi connectivity index (χ2v) is 5.44. The number of nitrogens with one attached hydrogen (secondary N) is 2. The van der Waals surface area contributed by atoms with E-state index in [0.717, 1.165) is 31.7 Å². The molecule has 2 N–H and O–H groups in total. The molecule has 1 atom stereocenters. The minimum atomic E-state index is -0.359. The van der Waals surface area contributed by atoms with Gasteiger partial charge in [-0.05, 0) is 45.2 Å². The normalized spacial score (nSPS) is 16.4. The summed E-state index contributed by atoms with van der Waals surface area (Å²) in [6.45, 7) is 5.32. The third kappa shape index (κ3) is 4.51. The molecular weight excluding hydrogens is 270 g/mol. The Morgan fingerprint density at radius 2 is 2.00 bits per heavy atom. The number of nitrogens with zero attached hydrogens (tertiary/aromatic N) is 1. The predicted molar refractivity (Wildman–Crippen MR) is 78.8 cm³/mol. The van der Waals surface area contributed by atoms with E-state index in [0.29, 0.717) is 5.76 Å². The Balaban J connectivity index is 1.72. The smallest absolute Gasteiger partial charge is 0.315 e. The number of furan rings is 1. The Labute approximate surface area is 124 Å². The summed E-state index contributed by atoms with van der Waals surface area (Å²) in [7, 11) is 0. The zero-order chi connectivity index (χ0) is 15.2. The predicted octanol–water partition coefficient (Wildman–Crippen LogP) is 1.96. The highest BCUT2D eigenvalue weighted by Crippen LogP contribution is 2.15. The maximum absolute atomic E-state index is 11.9. The molecule has 2 rings (SSSR count). The summed E-state index contributed by atoms with van der Waals surface area (Å²) in [5.74, 6) is 1.48. The van der Waals surface area contributed by atoms with Crippen LogP contribution in [-0.2, 0) is 4.79 Å². The Kier molecular flexibility index (Phi) is 5.25. The first-order valence-corrected chi connectivity index (χ1v) is 7.45. The van der Waals surface area contributed by atoms with Crippen molar-refractivity contribution in [1.29, 1.82) is 0 Å². The van der Waals surface area contributed by atoms with Crippen LogP contribution in [0.5, 0.6) is 0 Å². The molecule has 6 heteroatoms. The van der Waals surface area contributed by atoms with Gasteiger partial charge < -0.3 is 20.0 Å². The second kappa shape index (κ2) is 7.15. The van der Waals surface area contributed by atoms with Crippen molar-refractivity contribution in [2.75, 3.05) is 19.6 Å². The van der Waals surface area contributed by atoms with Gasteiger partial charge in [0, 0.05) is 13.1 Å². The van der Waals surface area contributed by atoms with Gasteiger partial charge in [0.15, 0.2) is 0 Å². The number of carbonyl (C=O) groups is 2. The average Bonchev–Trinajstić information content (AvgIpc) is 2.92. The highest BCUT2D eigenvalue weighted by molar-refractivity contribution is 5.84. The first-order chi connectivity index (χ1) is 10.1. The molecule has 0 aromatic carbocycles. The quantitative estimate of drug-likeness (QED) is 0.891. The fourth-order valence-corrected chi connectivity index (χ4v) is 2.42. The molecule has 1 aliphatic rings. The molecule has 0 saturated carbocycles. The first kappa shape index (κ1) is 15.4. The van der Waals surface area contributed by atoms with Crippen LogP contribution in [-0.4, -0.2) is 36.5 Å². The van der Waals surface area contributed by atoms with Gasteiger partial charge in [0.2, 0.25) is 5.91 Å². The molecule has 0 radical (unpaired) electrons. The highest BCUT2D eigenvalue weighted by Gasteiger charge is 2.18. The van der Waals surface area contributed by atoms with Crippen molar-refractivity contribution in [3.63, 3.8) is 0 Å². The van der Waals surface area contributed by atoms with Crippen molar-refractivity contribution >= 4 is 11.9 Å². The van der Waals surface area contributed by atoms with Crippen LogP contribution in [0.1, 0.15) is 43.7 Å². The molecule has 116 valence electrons. The number of hydrogen-bond acceptors (Lipinski definition) is 3. The monoisotopic (exact) mass is 293 g/mol. The lowest BCUT2D eigenvalue weighted by molar-refractivity contribution is -0.130. The van der Waals surface area contributed by atoms with Crippen LogP contribution in [0.3, 0.4) is 0 Å². The number of amides is 3. The minimum Gasteiger partial charge on any atom is -0.464 e. The topological polar surface area (TPSA) is 74.6 Å². The van der Waals surface area contributed by atoms with Crippen LogP contribution in [0, 0.1) is 6.92 Å². The Morgan fingerprint density at radius 1 is 1.29 bits per heavy atom.